The fourth-order valence-electron chi connectivity index (χ4n) is 2.08. The number of benzene rings is 2. The molecule has 2 aromatic rings. The Labute approximate surface area is 134 Å². The van der Waals surface area contributed by atoms with Gasteiger partial charge in [0.2, 0.25) is 0 Å². The minimum atomic E-state index is -3.41. The van der Waals surface area contributed by atoms with Gasteiger partial charge in [0.25, 0.3) is 0 Å². The number of halogens is 1. The number of carbonyl (C=O) groups excluding carboxylic acids is 1. The van der Waals surface area contributed by atoms with Gasteiger partial charge in [-0.1, -0.05) is 18.2 Å². The van der Waals surface area contributed by atoms with Gasteiger partial charge in [-0.3, -0.25) is 0 Å². The summed E-state index contributed by atoms with van der Waals surface area (Å²) in [6, 6.07) is 9.97. The van der Waals surface area contributed by atoms with Crippen LogP contribution in [-0.2, 0) is 14.6 Å². The molecule has 2 rings (SSSR count). The average molecular weight is 336 g/mol. The molecule has 0 amide bonds. The molecule has 2 aromatic carbocycles. The number of sulfone groups is 1. The molecule has 0 saturated heterocycles. The van der Waals surface area contributed by atoms with Crippen molar-refractivity contribution in [3.8, 4) is 0 Å². The van der Waals surface area contributed by atoms with Gasteiger partial charge in [-0.15, -0.1) is 0 Å². The Hall–Kier alpha value is -2.21. The van der Waals surface area contributed by atoms with Gasteiger partial charge in [0.1, 0.15) is 11.9 Å². The van der Waals surface area contributed by atoms with Crippen LogP contribution < -0.4 is 0 Å². The summed E-state index contributed by atoms with van der Waals surface area (Å²) in [6.45, 7) is 3.37. The van der Waals surface area contributed by atoms with E-state index in [0.29, 0.717) is 11.1 Å². The summed E-state index contributed by atoms with van der Waals surface area (Å²) in [5.41, 5.74) is 1.47. The zero-order valence-electron chi connectivity index (χ0n) is 13.0. The van der Waals surface area contributed by atoms with Crippen LogP contribution in [0.5, 0.6) is 0 Å². The predicted molar refractivity (Wildman–Crippen MR) is 84.5 cm³/mol. The van der Waals surface area contributed by atoms with Crippen LogP contribution in [0.3, 0.4) is 0 Å². The molecule has 0 aliphatic carbocycles. The minimum absolute atomic E-state index is 0.0597. The van der Waals surface area contributed by atoms with Crippen LogP contribution in [0, 0.1) is 12.7 Å². The van der Waals surface area contributed by atoms with E-state index in [2.05, 4.69) is 0 Å². The second kappa shape index (κ2) is 6.50. The summed E-state index contributed by atoms with van der Waals surface area (Å²) in [6.07, 6.45) is 0.498. The number of carbonyl (C=O) groups is 1. The Morgan fingerprint density at radius 3 is 2.30 bits per heavy atom. The molecule has 0 bridgehead atoms. The lowest BCUT2D eigenvalue weighted by Gasteiger charge is -2.15. The normalized spacial score (nSPS) is 12.7. The first-order chi connectivity index (χ1) is 10.7. The zero-order chi connectivity index (χ0) is 17.2. The van der Waals surface area contributed by atoms with Crippen molar-refractivity contribution in [3.63, 3.8) is 0 Å². The molecule has 23 heavy (non-hydrogen) atoms. The van der Waals surface area contributed by atoms with Crippen molar-refractivity contribution in [2.75, 3.05) is 6.26 Å². The second-order valence-corrected chi connectivity index (χ2v) is 7.36. The van der Waals surface area contributed by atoms with Gasteiger partial charge >= 0.3 is 5.97 Å². The highest BCUT2D eigenvalue weighted by Crippen LogP contribution is 2.22. The molecular formula is C17H17FO4S. The summed E-state index contributed by atoms with van der Waals surface area (Å²) in [7, 11) is -3.41. The third-order valence-electron chi connectivity index (χ3n) is 3.48. The van der Waals surface area contributed by atoms with Crippen LogP contribution in [0.4, 0.5) is 4.39 Å². The highest BCUT2D eigenvalue weighted by Gasteiger charge is 2.18. The Bertz CT molecular complexity index is 826. The van der Waals surface area contributed by atoms with Crippen molar-refractivity contribution >= 4 is 15.8 Å². The maximum atomic E-state index is 12.9. The number of rotatable bonds is 4. The second-order valence-electron chi connectivity index (χ2n) is 5.35. The maximum absolute atomic E-state index is 12.9. The van der Waals surface area contributed by atoms with Gasteiger partial charge in [-0.2, -0.15) is 0 Å². The van der Waals surface area contributed by atoms with E-state index >= 15 is 0 Å². The van der Waals surface area contributed by atoms with Gasteiger partial charge in [-0.25, -0.2) is 17.6 Å². The number of esters is 1. The standard InChI is InChI=1S/C17H17FO4S/c1-11-4-9-15(23(3,20)21)10-16(11)17(19)22-12(2)13-5-7-14(18)8-6-13/h4-10,12H,1-3H3/t12-/m0/s1. The van der Waals surface area contributed by atoms with E-state index in [1.54, 1.807) is 19.9 Å². The molecule has 122 valence electrons. The topological polar surface area (TPSA) is 60.4 Å². The molecule has 4 nitrogen and oxygen atoms in total. The molecule has 0 aliphatic rings. The highest BCUT2D eigenvalue weighted by molar-refractivity contribution is 7.90. The SMILES string of the molecule is Cc1ccc(S(C)(=O)=O)cc1C(=O)O[C@@H](C)c1ccc(F)cc1. The third-order valence-corrected chi connectivity index (χ3v) is 4.59. The van der Waals surface area contributed by atoms with Crippen molar-refractivity contribution in [3.05, 3.63) is 65.0 Å². The Morgan fingerprint density at radius 2 is 1.74 bits per heavy atom. The van der Waals surface area contributed by atoms with Crippen molar-refractivity contribution < 1.29 is 22.3 Å². The zero-order valence-corrected chi connectivity index (χ0v) is 13.9. The van der Waals surface area contributed by atoms with Crippen molar-refractivity contribution in [2.45, 2.75) is 24.8 Å². The Balaban J connectivity index is 2.25. The number of hydrogen-bond donors (Lipinski definition) is 0. The van der Waals surface area contributed by atoms with E-state index in [0.717, 1.165) is 6.26 Å². The van der Waals surface area contributed by atoms with Crippen LogP contribution >= 0.6 is 0 Å². The Morgan fingerprint density at radius 1 is 1.13 bits per heavy atom. The number of hydrogen-bond acceptors (Lipinski definition) is 4. The monoisotopic (exact) mass is 336 g/mol. The molecule has 6 heteroatoms. The summed E-state index contributed by atoms with van der Waals surface area (Å²) >= 11 is 0. The fraction of sp³-hybridized carbons (Fsp3) is 0.235. The molecular weight excluding hydrogens is 319 g/mol. The fourth-order valence-corrected chi connectivity index (χ4v) is 2.72. The first-order valence-electron chi connectivity index (χ1n) is 6.95. The van der Waals surface area contributed by atoms with E-state index in [1.807, 2.05) is 0 Å². The van der Waals surface area contributed by atoms with Gasteiger partial charge < -0.3 is 4.74 Å². The lowest BCUT2D eigenvalue weighted by atomic mass is 10.1. The molecule has 0 aliphatic heterocycles. The smallest absolute Gasteiger partial charge is 0.339 e. The summed E-state index contributed by atoms with van der Waals surface area (Å²) < 4.78 is 41.5. The van der Waals surface area contributed by atoms with Gasteiger partial charge in [0, 0.05) is 6.26 Å². The lowest BCUT2D eigenvalue weighted by Crippen LogP contribution is -2.12. The van der Waals surface area contributed by atoms with E-state index < -0.39 is 21.9 Å². The first-order valence-corrected chi connectivity index (χ1v) is 8.85. The van der Waals surface area contributed by atoms with Crippen LogP contribution in [0.2, 0.25) is 0 Å². The molecule has 0 fully saturated rings. The third kappa shape index (κ3) is 4.16. The van der Waals surface area contributed by atoms with Crippen LogP contribution in [0.15, 0.2) is 47.4 Å². The van der Waals surface area contributed by atoms with E-state index in [4.69, 9.17) is 4.74 Å². The van der Waals surface area contributed by atoms with Gasteiger partial charge in [-0.05, 0) is 49.2 Å². The molecule has 0 heterocycles. The van der Waals surface area contributed by atoms with Crippen molar-refractivity contribution in [1.82, 2.24) is 0 Å². The maximum Gasteiger partial charge on any atom is 0.339 e. The molecule has 0 spiro atoms. The molecule has 0 aromatic heterocycles. The van der Waals surface area contributed by atoms with Crippen molar-refractivity contribution in [2.24, 2.45) is 0 Å². The van der Waals surface area contributed by atoms with E-state index in [1.165, 1.54) is 36.4 Å². The van der Waals surface area contributed by atoms with Crippen molar-refractivity contribution in [1.29, 1.82) is 0 Å². The number of aryl methyl sites for hydroxylation is 1. The molecule has 0 radical (unpaired) electrons. The first kappa shape index (κ1) is 17.1. The quantitative estimate of drug-likeness (QED) is 0.802. The summed E-state index contributed by atoms with van der Waals surface area (Å²) in [4.78, 5) is 12.4. The average Bonchev–Trinajstić information content (AvgIpc) is 2.46. The number of ether oxygens (including phenoxy) is 1. The van der Waals surface area contributed by atoms with Crippen LogP contribution in [0.1, 0.15) is 34.5 Å². The molecule has 0 unspecified atom stereocenters. The van der Waals surface area contributed by atoms with Gasteiger partial charge in [0.05, 0.1) is 10.5 Å². The Kier molecular flexibility index (Phi) is 4.85. The minimum Gasteiger partial charge on any atom is -0.454 e. The summed E-state index contributed by atoms with van der Waals surface area (Å²) in [5.74, 6) is -0.992. The molecule has 1 atom stereocenters. The molecule has 0 saturated carbocycles. The van der Waals surface area contributed by atoms with Crippen LogP contribution in [0.25, 0.3) is 0 Å². The van der Waals surface area contributed by atoms with Gasteiger partial charge in [0.15, 0.2) is 9.84 Å². The summed E-state index contributed by atoms with van der Waals surface area (Å²) in [5, 5.41) is 0. The van der Waals surface area contributed by atoms with E-state index in [9.17, 15) is 17.6 Å². The van der Waals surface area contributed by atoms with Crippen LogP contribution in [-0.4, -0.2) is 20.6 Å². The lowest BCUT2D eigenvalue weighted by molar-refractivity contribution is 0.0336. The van der Waals surface area contributed by atoms with E-state index in [-0.39, 0.29) is 16.3 Å². The largest absolute Gasteiger partial charge is 0.454 e. The highest BCUT2D eigenvalue weighted by atomic mass is 32.2. The predicted octanol–water partition coefficient (Wildman–Crippen LogP) is 3.46. The molecule has 0 N–H and O–H groups in total.